The molecule has 0 saturated carbocycles. The number of H-pyrrole nitrogens is 2. The van der Waals surface area contributed by atoms with Gasteiger partial charge in [0.05, 0.1) is 48.0 Å². The fourth-order valence-electron chi connectivity index (χ4n) is 6.15. The lowest BCUT2D eigenvalue weighted by atomic mass is 9.98. The predicted molar refractivity (Wildman–Crippen MR) is 178 cm³/mol. The van der Waals surface area contributed by atoms with Crippen LogP contribution in [0, 0.1) is 13.8 Å². The summed E-state index contributed by atoms with van der Waals surface area (Å²) in [5.74, 6) is -4.57. The minimum Gasteiger partial charge on any atom is -0.469 e. The monoisotopic (exact) mass is 698 g/mol. The first-order valence-corrected chi connectivity index (χ1v) is 15.4. The Morgan fingerprint density at radius 1 is 0.580 bits per heavy atom. The van der Waals surface area contributed by atoms with Crippen molar-refractivity contribution in [3.8, 4) is 0 Å². The van der Waals surface area contributed by atoms with E-state index < -0.39 is 46.9 Å². The summed E-state index contributed by atoms with van der Waals surface area (Å²) in [7, 11) is 2.52. The van der Waals surface area contributed by atoms with Gasteiger partial charge in [0.1, 0.15) is 0 Å². The van der Waals surface area contributed by atoms with Gasteiger partial charge >= 0.3 is 24.1 Å². The van der Waals surface area contributed by atoms with Crippen molar-refractivity contribution in [3.63, 3.8) is 0 Å². The maximum Gasteiger partial charge on any atom is 0.306 e. The van der Waals surface area contributed by atoms with Crippen LogP contribution in [-0.4, -0.2) is 46.1 Å². The summed E-state index contributed by atoms with van der Waals surface area (Å²) >= 11 is 0. The Kier molecular flexibility index (Phi) is 10.2. The number of nitrogens with zero attached hydrogens (tertiary/aromatic N) is 2. The van der Waals surface area contributed by atoms with E-state index in [4.69, 9.17) is 19.4 Å². The number of carbonyl (C=O) groups is 2. The highest BCUT2D eigenvalue weighted by Crippen LogP contribution is 2.40. The lowest BCUT2D eigenvalue weighted by Crippen LogP contribution is -2.01. The summed E-state index contributed by atoms with van der Waals surface area (Å²) in [4.78, 5) is 39.6. The van der Waals surface area contributed by atoms with Gasteiger partial charge in [0, 0.05) is 35.0 Å². The number of rotatable bonds is 8. The van der Waals surface area contributed by atoms with Crippen molar-refractivity contribution in [2.45, 2.75) is 53.4 Å². The number of ether oxygens (including phenoxy) is 2. The highest BCUT2D eigenvalue weighted by molar-refractivity contribution is 5.97. The molecular weight excluding hydrogens is 666 g/mol. The number of aryl methyl sites for hydroxylation is 2. The Balaban J connectivity index is 1.98. The molecule has 0 aromatic carbocycles. The standard InChI is InChI=1S/C36H32F6N4O4/c1-15-19(7-9-29(47)49-5)25-14-26-20(8-10-30(48)50-6)16(2)22(44-26)12-27-32(34(38)36(41)42)18(4)24(46-27)13-28-31(33(37)35(39)40)17(3)23(45-28)11-21(15)43-25/h11-14,45-46H,7-10H2,1-6H3. The van der Waals surface area contributed by atoms with Crippen LogP contribution in [-0.2, 0) is 19.1 Å². The lowest BCUT2D eigenvalue weighted by molar-refractivity contribution is -0.141. The van der Waals surface area contributed by atoms with Crippen LogP contribution in [0.4, 0.5) is 26.3 Å². The molecule has 3 aromatic rings. The molecule has 3 aromatic heterocycles. The molecule has 0 saturated heterocycles. The third kappa shape index (κ3) is 6.74. The molecule has 8 nitrogen and oxygen atoms in total. The van der Waals surface area contributed by atoms with Crippen LogP contribution < -0.4 is 0 Å². The zero-order valence-corrected chi connectivity index (χ0v) is 27.9. The van der Waals surface area contributed by atoms with Crippen LogP contribution in [0.1, 0.15) is 84.6 Å². The lowest BCUT2D eigenvalue weighted by Gasteiger charge is -2.06. The van der Waals surface area contributed by atoms with Gasteiger partial charge in [-0.25, -0.2) is 18.7 Å². The topological polar surface area (TPSA) is 110 Å². The van der Waals surface area contributed by atoms with Gasteiger partial charge in [-0.2, -0.15) is 17.6 Å². The Hall–Kier alpha value is -5.40. The molecular formula is C36H32F6N4O4. The van der Waals surface area contributed by atoms with Crippen LogP contribution in [0.3, 0.4) is 0 Å². The molecule has 50 heavy (non-hydrogen) atoms. The third-order valence-electron chi connectivity index (χ3n) is 8.92. The number of hydrogen-bond donors (Lipinski definition) is 2. The Morgan fingerprint density at radius 3 is 1.36 bits per heavy atom. The average Bonchev–Trinajstić information content (AvgIpc) is 3.74. The number of nitrogens with one attached hydrogen (secondary N) is 2. The summed E-state index contributed by atoms with van der Waals surface area (Å²) in [6.07, 6.45) is -4.79. The highest BCUT2D eigenvalue weighted by Gasteiger charge is 2.25. The number of hydrogen-bond acceptors (Lipinski definition) is 6. The number of halogens is 6. The number of fused-ring (bicyclic) bond motifs is 8. The van der Waals surface area contributed by atoms with Gasteiger partial charge in [-0.1, -0.05) is 0 Å². The minimum atomic E-state index is -2.59. The molecule has 2 aliphatic rings. The minimum absolute atomic E-state index is 0.00283. The SMILES string of the molecule is COC(=O)CCC1=C(C)c2cc3[nH]c(cc4[nH]c(cc5nc(cc1n2)C(CCC(=O)OC)=C5C)c(C(F)=C(F)F)c4C)c(C(F)=C(F)F)c3C. The summed E-state index contributed by atoms with van der Waals surface area (Å²) in [5.41, 5.74) is 2.96. The van der Waals surface area contributed by atoms with Gasteiger partial charge < -0.3 is 19.4 Å². The molecule has 5 rings (SSSR count). The van der Waals surface area contributed by atoms with E-state index in [1.165, 1.54) is 40.2 Å². The molecule has 5 heterocycles. The first kappa shape index (κ1) is 35.9. The quantitative estimate of drug-likeness (QED) is 0.179. The molecule has 0 atom stereocenters. The van der Waals surface area contributed by atoms with E-state index >= 15 is 8.78 Å². The van der Waals surface area contributed by atoms with Crippen LogP contribution in [0.25, 0.3) is 56.0 Å². The Labute approximate surface area is 282 Å². The van der Waals surface area contributed by atoms with Crippen molar-refractivity contribution in [2.24, 2.45) is 0 Å². The predicted octanol–water partition coefficient (Wildman–Crippen LogP) is 9.77. The maximum atomic E-state index is 15.1. The van der Waals surface area contributed by atoms with Crippen molar-refractivity contribution < 1.29 is 45.4 Å². The smallest absolute Gasteiger partial charge is 0.306 e. The largest absolute Gasteiger partial charge is 0.469 e. The Bertz CT molecular complexity index is 2240. The number of allylic oxidation sites excluding steroid dienone is 4. The van der Waals surface area contributed by atoms with E-state index in [1.807, 2.05) is 0 Å². The molecule has 2 aliphatic heterocycles. The number of aromatic amines is 2. The van der Waals surface area contributed by atoms with Gasteiger partial charge in [-0.15, -0.1) is 0 Å². The molecule has 262 valence electrons. The fourth-order valence-corrected chi connectivity index (χ4v) is 6.15. The van der Waals surface area contributed by atoms with Crippen LogP contribution >= 0.6 is 0 Å². The molecule has 14 heteroatoms. The molecule has 0 aliphatic carbocycles. The zero-order chi connectivity index (χ0) is 36.6. The summed E-state index contributed by atoms with van der Waals surface area (Å²) < 4.78 is 94.9. The highest BCUT2D eigenvalue weighted by atomic mass is 19.3. The summed E-state index contributed by atoms with van der Waals surface area (Å²) in [6.45, 7) is 6.26. The number of methoxy groups -OCH3 is 2. The van der Waals surface area contributed by atoms with E-state index in [9.17, 15) is 27.2 Å². The van der Waals surface area contributed by atoms with E-state index in [0.717, 1.165) is 0 Å². The van der Waals surface area contributed by atoms with Gasteiger partial charge in [0.2, 0.25) is 0 Å². The molecule has 0 amide bonds. The van der Waals surface area contributed by atoms with Crippen LogP contribution in [0.2, 0.25) is 0 Å². The van der Waals surface area contributed by atoms with E-state index in [1.54, 1.807) is 26.0 Å². The molecule has 2 N–H and O–H groups in total. The molecule has 0 fully saturated rings. The molecule has 8 bridgehead atoms. The third-order valence-corrected chi connectivity index (χ3v) is 8.92. The van der Waals surface area contributed by atoms with E-state index in [-0.39, 0.29) is 64.6 Å². The first-order chi connectivity index (χ1) is 23.7. The summed E-state index contributed by atoms with van der Waals surface area (Å²) in [6, 6.07) is 5.79. The number of aromatic nitrogens is 4. The molecule has 0 spiro atoms. The average molecular weight is 699 g/mol. The second kappa shape index (κ2) is 14.2. The zero-order valence-electron chi connectivity index (χ0n) is 27.9. The maximum absolute atomic E-state index is 15.1. The van der Waals surface area contributed by atoms with E-state index in [0.29, 0.717) is 39.4 Å². The van der Waals surface area contributed by atoms with Crippen LogP contribution in [0.15, 0.2) is 36.4 Å². The molecule has 0 radical (unpaired) electrons. The van der Waals surface area contributed by atoms with Gasteiger partial charge in [-0.3, -0.25) is 9.59 Å². The fraction of sp³-hybridized carbons (Fsp3) is 0.278. The van der Waals surface area contributed by atoms with Crippen LogP contribution in [0.5, 0.6) is 0 Å². The van der Waals surface area contributed by atoms with Crippen molar-refractivity contribution in [2.75, 3.05) is 14.2 Å². The van der Waals surface area contributed by atoms with E-state index in [2.05, 4.69) is 9.97 Å². The summed E-state index contributed by atoms with van der Waals surface area (Å²) in [5, 5.41) is 0. The second-order valence-electron chi connectivity index (χ2n) is 11.8. The first-order valence-electron chi connectivity index (χ1n) is 15.4. The second-order valence-corrected chi connectivity index (χ2v) is 11.8. The van der Waals surface area contributed by atoms with Gasteiger partial charge in [0.25, 0.3) is 0 Å². The Morgan fingerprint density at radius 2 is 0.960 bits per heavy atom. The number of carbonyl (C=O) groups excluding carboxylic acids is 2. The number of esters is 2. The van der Waals surface area contributed by atoms with Crippen molar-refractivity contribution in [1.82, 2.24) is 19.9 Å². The van der Waals surface area contributed by atoms with Crippen molar-refractivity contribution in [3.05, 3.63) is 81.5 Å². The van der Waals surface area contributed by atoms with Crippen molar-refractivity contribution in [1.29, 1.82) is 0 Å². The van der Waals surface area contributed by atoms with Gasteiger partial charge in [0.15, 0.2) is 11.7 Å². The molecule has 0 unspecified atom stereocenters. The normalized spacial score (nSPS) is 12.7. The van der Waals surface area contributed by atoms with Gasteiger partial charge in [-0.05, 0) is 98.2 Å². The van der Waals surface area contributed by atoms with Crippen molar-refractivity contribution >= 4 is 68.0 Å².